The SMILES string of the molecule is CN1Cc2sc(NC(=O)C(=O)O)c(C(=O)O)c2C[C@H]1CNC(=O)c1cc2ccccc2[nH]1. The molecule has 3 aromatic rings. The zero-order valence-corrected chi connectivity index (χ0v) is 17.8. The Bertz CT molecular complexity index is 1210. The molecule has 3 heterocycles. The van der Waals surface area contributed by atoms with E-state index in [9.17, 15) is 24.3 Å². The molecule has 166 valence electrons. The van der Waals surface area contributed by atoms with Crippen molar-refractivity contribution < 1.29 is 29.4 Å². The molecule has 1 aliphatic rings. The number of rotatable bonds is 5. The fourth-order valence-corrected chi connectivity index (χ4v) is 5.08. The number of carbonyl (C=O) groups excluding carboxylic acids is 2. The van der Waals surface area contributed by atoms with Crippen LogP contribution in [0.2, 0.25) is 0 Å². The lowest BCUT2D eigenvalue weighted by molar-refractivity contribution is -0.147. The molecular formula is C21H20N4O6S. The van der Waals surface area contributed by atoms with Crippen LogP contribution in [-0.2, 0) is 22.6 Å². The molecule has 10 nitrogen and oxygen atoms in total. The predicted molar refractivity (Wildman–Crippen MR) is 117 cm³/mol. The monoisotopic (exact) mass is 456 g/mol. The van der Waals surface area contributed by atoms with Crippen LogP contribution < -0.4 is 10.6 Å². The molecule has 0 spiro atoms. The smallest absolute Gasteiger partial charge is 0.394 e. The molecule has 5 N–H and O–H groups in total. The van der Waals surface area contributed by atoms with Crippen molar-refractivity contribution in [1.29, 1.82) is 0 Å². The average molecular weight is 456 g/mol. The lowest BCUT2D eigenvalue weighted by Crippen LogP contribution is -2.45. The van der Waals surface area contributed by atoms with Gasteiger partial charge in [0.1, 0.15) is 10.7 Å². The topological polar surface area (TPSA) is 152 Å². The molecule has 0 saturated carbocycles. The van der Waals surface area contributed by atoms with Gasteiger partial charge in [0.15, 0.2) is 0 Å². The minimum Gasteiger partial charge on any atom is -0.478 e. The molecule has 1 atom stereocenters. The molecule has 0 radical (unpaired) electrons. The van der Waals surface area contributed by atoms with Crippen molar-refractivity contribution in [3.8, 4) is 0 Å². The number of amides is 2. The van der Waals surface area contributed by atoms with Gasteiger partial charge in [-0.2, -0.15) is 0 Å². The Kier molecular flexibility index (Phi) is 5.68. The van der Waals surface area contributed by atoms with Gasteiger partial charge in [-0.1, -0.05) is 18.2 Å². The minimum atomic E-state index is -1.69. The lowest BCUT2D eigenvalue weighted by atomic mass is 9.96. The normalized spacial score (nSPS) is 15.8. The van der Waals surface area contributed by atoms with E-state index < -0.39 is 17.8 Å². The van der Waals surface area contributed by atoms with E-state index in [-0.39, 0.29) is 29.1 Å². The quantitative estimate of drug-likeness (QED) is 0.367. The second-order valence-electron chi connectivity index (χ2n) is 7.53. The van der Waals surface area contributed by atoms with Crippen LogP contribution in [0.1, 0.15) is 31.3 Å². The molecule has 11 heteroatoms. The number of aromatic nitrogens is 1. The average Bonchev–Trinajstić information content (AvgIpc) is 3.32. The molecule has 0 aliphatic carbocycles. The van der Waals surface area contributed by atoms with Crippen LogP contribution >= 0.6 is 11.3 Å². The Morgan fingerprint density at radius 1 is 1.22 bits per heavy atom. The number of aromatic amines is 1. The van der Waals surface area contributed by atoms with E-state index in [2.05, 4.69) is 15.6 Å². The number of anilines is 1. The van der Waals surface area contributed by atoms with Gasteiger partial charge in [-0.25, -0.2) is 9.59 Å². The number of hydrogen-bond donors (Lipinski definition) is 5. The van der Waals surface area contributed by atoms with Crippen LogP contribution in [0.15, 0.2) is 30.3 Å². The highest BCUT2D eigenvalue weighted by atomic mass is 32.1. The predicted octanol–water partition coefficient (Wildman–Crippen LogP) is 1.74. The number of aromatic carboxylic acids is 1. The van der Waals surface area contributed by atoms with E-state index in [1.54, 1.807) is 6.07 Å². The summed E-state index contributed by atoms with van der Waals surface area (Å²) in [5.74, 6) is -4.49. The third-order valence-electron chi connectivity index (χ3n) is 5.45. The summed E-state index contributed by atoms with van der Waals surface area (Å²) in [7, 11) is 1.86. The Balaban J connectivity index is 1.50. The zero-order valence-electron chi connectivity index (χ0n) is 17.0. The van der Waals surface area contributed by atoms with Crippen molar-refractivity contribution in [3.05, 3.63) is 52.0 Å². The van der Waals surface area contributed by atoms with Crippen LogP contribution in [-0.4, -0.2) is 63.5 Å². The van der Waals surface area contributed by atoms with Gasteiger partial charge in [0.25, 0.3) is 5.91 Å². The van der Waals surface area contributed by atoms with Crippen LogP contribution in [0.25, 0.3) is 10.9 Å². The Morgan fingerprint density at radius 2 is 1.97 bits per heavy atom. The van der Waals surface area contributed by atoms with E-state index in [1.807, 2.05) is 36.2 Å². The van der Waals surface area contributed by atoms with Crippen molar-refractivity contribution in [2.24, 2.45) is 0 Å². The summed E-state index contributed by atoms with van der Waals surface area (Å²) in [4.78, 5) is 52.7. The standard InChI is InChI=1S/C21H20N4O6S/c1-25-9-15-12(16(20(28)29)19(32-15)24-18(27)21(30)31)7-11(25)8-22-17(26)14-6-10-4-2-3-5-13(10)23-14/h2-6,11,23H,7-9H2,1H3,(H,22,26)(H,24,27)(H,28,29)(H,30,31)/t11-/m0/s1. The first-order valence-corrected chi connectivity index (χ1v) is 10.5. The molecule has 2 amide bonds. The summed E-state index contributed by atoms with van der Waals surface area (Å²) in [5, 5.41) is 24.5. The highest BCUT2D eigenvalue weighted by Gasteiger charge is 2.33. The number of nitrogens with one attached hydrogen (secondary N) is 3. The summed E-state index contributed by atoms with van der Waals surface area (Å²) < 4.78 is 0. The number of thiophene rings is 1. The molecule has 2 aromatic heterocycles. The fraction of sp³-hybridized carbons (Fsp3) is 0.238. The second-order valence-corrected chi connectivity index (χ2v) is 8.63. The number of H-pyrrole nitrogens is 1. The molecule has 0 fully saturated rings. The largest absolute Gasteiger partial charge is 0.478 e. The first kappa shape index (κ1) is 21.5. The molecule has 1 aliphatic heterocycles. The maximum Gasteiger partial charge on any atom is 0.394 e. The number of aliphatic carboxylic acids is 1. The van der Waals surface area contributed by atoms with E-state index >= 15 is 0 Å². The summed E-state index contributed by atoms with van der Waals surface area (Å²) in [6, 6.07) is 9.15. The Hall–Kier alpha value is -3.70. The number of carbonyl (C=O) groups is 4. The second kappa shape index (κ2) is 8.44. The molecular weight excluding hydrogens is 436 g/mol. The number of fused-ring (bicyclic) bond motifs is 2. The number of likely N-dealkylation sites (N-methyl/N-ethyl adjacent to an activating group) is 1. The van der Waals surface area contributed by atoms with Crippen LogP contribution in [0.3, 0.4) is 0 Å². The van der Waals surface area contributed by atoms with Gasteiger partial charge in [0.2, 0.25) is 0 Å². The maximum absolute atomic E-state index is 12.6. The van der Waals surface area contributed by atoms with E-state index in [0.717, 1.165) is 27.1 Å². The number of carboxylic acid groups (broad SMARTS) is 2. The molecule has 32 heavy (non-hydrogen) atoms. The van der Waals surface area contributed by atoms with E-state index in [0.29, 0.717) is 24.2 Å². The molecule has 0 unspecified atom stereocenters. The van der Waals surface area contributed by atoms with Gasteiger partial charge >= 0.3 is 17.8 Å². The number of benzene rings is 1. The molecule has 1 aromatic carbocycles. The van der Waals surface area contributed by atoms with Crippen molar-refractivity contribution in [1.82, 2.24) is 15.2 Å². The first-order chi connectivity index (χ1) is 15.2. The summed E-state index contributed by atoms with van der Waals surface area (Å²) in [5.41, 5.74) is 1.74. The Labute approximate surface area is 185 Å². The highest BCUT2D eigenvalue weighted by Crippen LogP contribution is 2.38. The third kappa shape index (κ3) is 4.07. The van der Waals surface area contributed by atoms with Gasteiger partial charge in [0, 0.05) is 34.9 Å². The van der Waals surface area contributed by atoms with Gasteiger partial charge in [-0.15, -0.1) is 11.3 Å². The van der Waals surface area contributed by atoms with Crippen molar-refractivity contribution in [2.45, 2.75) is 19.0 Å². The first-order valence-electron chi connectivity index (χ1n) is 9.73. The zero-order chi connectivity index (χ0) is 23.0. The van der Waals surface area contributed by atoms with Crippen LogP contribution in [0, 0.1) is 0 Å². The Morgan fingerprint density at radius 3 is 2.66 bits per heavy atom. The highest BCUT2D eigenvalue weighted by molar-refractivity contribution is 7.17. The van der Waals surface area contributed by atoms with Crippen molar-refractivity contribution in [3.63, 3.8) is 0 Å². The third-order valence-corrected chi connectivity index (χ3v) is 6.59. The fourth-order valence-electron chi connectivity index (χ4n) is 3.80. The summed E-state index contributed by atoms with van der Waals surface area (Å²) in [6.45, 7) is 0.700. The lowest BCUT2D eigenvalue weighted by Gasteiger charge is -2.32. The number of nitrogens with zero attached hydrogens (tertiary/aromatic N) is 1. The van der Waals surface area contributed by atoms with E-state index in [4.69, 9.17) is 5.11 Å². The summed E-state index contributed by atoms with van der Waals surface area (Å²) in [6.07, 6.45) is 0.333. The van der Waals surface area contributed by atoms with Crippen molar-refractivity contribution in [2.75, 3.05) is 18.9 Å². The van der Waals surface area contributed by atoms with E-state index in [1.165, 1.54) is 0 Å². The maximum atomic E-state index is 12.6. The number of para-hydroxylation sites is 1. The minimum absolute atomic E-state index is 0.00561. The van der Waals surface area contributed by atoms with Crippen LogP contribution in [0.5, 0.6) is 0 Å². The molecule has 0 saturated heterocycles. The van der Waals surface area contributed by atoms with Gasteiger partial charge in [0.05, 0.1) is 5.56 Å². The van der Waals surface area contributed by atoms with Gasteiger partial charge < -0.3 is 25.8 Å². The number of carboxylic acids is 2. The molecule has 0 bridgehead atoms. The van der Waals surface area contributed by atoms with Crippen molar-refractivity contribution >= 4 is 51.0 Å². The number of hydrogen-bond acceptors (Lipinski definition) is 6. The molecule has 4 rings (SSSR count). The van der Waals surface area contributed by atoms with Crippen LogP contribution in [0.4, 0.5) is 5.00 Å². The summed E-state index contributed by atoms with van der Waals surface area (Å²) >= 11 is 1.06. The van der Waals surface area contributed by atoms with Gasteiger partial charge in [-0.05, 0) is 31.2 Å². The van der Waals surface area contributed by atoms with Gasteiger partial charge in [-0.3, -0.25) is 14.5 Å².